The Bertz CT molecular complexity index is 732. The lowest BCUT2D eigenvalue weighted by Crippen LogP contribution is -2.42. The second kappa shape index (κ2) is 7.67. The van der Waals surface area contributed by atoms with Crippen LogP contribution in [-0.2, 0) is 6.42 Å². The third kappa shape index (κ3) is 4.09. The number of nitrogens with zero attached hydrogens (tertiary/aromatic N) is 6. The van der Waals surface area contributed by atoms with E-state index >= 15 is 0 Å². The van der Waals surface area contributed by atoms with Crippen LogP contribution in [0, 0.1) is 0 Å². The molecular formula is C17H23N7O2. The Balaban J connectivity index is 1.22. The highest BCUT2D eigenvalue weighted by atomic mass is 16.5. The molecule has 3 heterocycles. The van der Waals surface area contributed by atoms with Crippen LogP contribution in [0.4, 0.5) is 10.7 Å². The van der Waals surface area contributed by atoms with Crippen LogP contribution in [0.25, 0.3) is 0 Å². The summed E-state index contributed by atoms with van der Waals surface area (Å²) in [7, 11) is 0. The molecule has 0 atom stereocenters. The molecule has 2 aliphatic rings. The summed E-state index contributed by atoms with van der Waals surface area (Å²) in [5, 5.41) is 6.93. The average Bonchev–Trinajstić information content (AvgIpc) is 3.46. The molecule has 9 nitrogen and oxygen atoms in total. The standard InChI is InChI=1S/C17H23N7O2/c25-17(20-8-5-14-21-15(26-22-14)13-3-4-13)24-10-2-9-23(11-12-24)16-18-6-1-7-19-16/h1,6-7,13H,2-5,8-12H2,(H,20,25). The van der Waals surface area contributed by atoms with E-state index < -0.39 is 0 Å². The van der Waals surface area contributed by atoms with Crippen LogP contribution in [0.15, 0.2) is 23.0 Å². The molecule has 0 aromatic carbocycles. The summed E-state index contributed by atoms with van der Waals surface area (Å²) in [6.07, 6.45) is 7.23. The molecule has 26 heavy (non-hydrogen) atoms. The minimum atomic E-state index is -0.0493. The Labute approximate surface area is 151 Å². The van der Waals surface area contributed by atoms with Gasteiger partial charge in [-0.1, -0.05) is 5.16 Å². The SMILES string of the molecule is O=C(NCCc1noc(C2CC2)n1)N1CCCN(c2ncccn2)CC1. The molecule has 0 radical (unpaired) electrons. The molecule has 1 saturated heterocycles. The predicted octanol–water partition coefficient (Wildman–Crippen LogP) is 1.20. The zero-order valence-corrected chi connectivity index (χ0v) is 14.7. The molecule has 1 aliphatic carbocycles. The maximum atomic E-state index is 12.4. The van der Waals surface area contributed by atoms with Crippen molar-refractivity contribution in [3.05, 3.63) is 30.2 Å². The predicted molar refractivity (Wildman–Crippen MR) is 93.8 cm³/mol. The summed E-state index contributed by atoms with van der Waals surface area (Å²) in [4.78, 5) is 29.3. The van der Waals surface area contributed by atoms with Crippen LogP contribution in [0.3, 0.4) is 0 Å². The second-order valence-corrected chi connectivity index (χ2v) is 6.68. The van der Waals surface area contributed by atoms with Crippen molar-refractivity contribution < 1.29 is 9.32 Å². The number of urea groups is 1. The largest absolute Gasteiger partial charge is 0.339 e. The van der Waals surface area contributed by atoms with E-state index in [0.29, 0.717) is 31.3 Å². The number of anilines is 1. The van der Waals surface area contributed by atoms with Crippen molar-refractivity contribution >= 4 is 12.0 Å². The van der Waals surface area contributed by atoms with Crippen molar-refractivity contribution in [2.75, 3.05) is 37.6 Å². The summed E-state index contributed by atoms with van der Waals surface area (Å²) in [5.74, 6) is 2.58. The van der Waals surface area contributed by atoms with Crippen LogP contribution in [0.2, 0.25) is 0 Å². The Morgan fingerprint density at radius 3 is 2.85 bits per heavy atom. The van der Waals surface area contributed by atoms with Crippen molar-refractivity contribution in [2.45, 2.75) is 31.6 Å². The topological polar surface area (TPSA) is 100 Å². The fourth-order valence-electron chi connectivity index (χ4n) is 3.03. The van der Waals surface area contributed by atoms with Gasteiger partial charge in [-0.05, 0) is 25.3 Å². The highest BCUT2D eigenvalue weighted by Crippen LogP contribution is 2.38. The summed E-state index contributed by atoms with van der Waals surface area (Å²) in [5.41, 5.74) is 0. The highest BCUT2D eigenvalue weighted by molar-refractivity contribution is 5.74. The van der Waals surface area contributed by atoms with E-state index in [4.69, 9.17) is 4.52 Å². The van der Waals surface area contributed by atoms with E-state index in [-0.39, 0.29) is 6.03 Å². The fourth-order valence-corrected chi connectivity index (χ4v) is 3.03. The van der Waals surface area contributed by atoms with Crippen LogP contribution in [0.1, 0.15) is 36.9 Å². The smallest absolute Gasteiger partial charge is 0.317 e. The average molecular weight is 357 g/mol. The van der Waals surface area contributed by atoms with Gasteiger partial charge in [0.15, 0.2) is 5.82 Å². The van der Waals surface area contributed by atoms with E-state index in [2.05, 4.69) is 30.3 Å². The van der Waals surface area contributed by atoms with Gasteiger partial charge in [0.2, 0.25) is 11.8 Å². The van der Waals surface area contributed by atoms with Crippen LogP contribution >= 0.6 is 0 Å². The van der Waals surface area contributed by atoms with E-state index in [1.807, 2.05) is 4.90 Å². The molecule has 0 spiro atoms. The number of hydrogen-bond acceptors (Lipinski definition) is 7. The summed E-state index contributed by atoms with van der Waals surface area (Å²) >= 11 is 0. The maximum Gasteiger partial charge on any atom is 0.317 e. The highest BCUT2D eigenvalue weighted by Gasteiger charge is 2.29. The molecule has 1 aliphatic heterocycles. The molecule has 2 amide bonds. The Morgan fingerprint density at radius 2 is 2.04 bits per heavy atom. The number of carbonyl (C=O) groups is 1. The minimum absolute atomic E-state index is 0.0493. The lowest BCUT2D eigenvalue weighted by Gasteiger charge is -2.22. The van der Waals surface area contributed by atoms with E-state index in [1.165, 1.54) is 0 Å². The van der Waals surface area contributed by atoms with Gasteiger partial charge in [-0.25, -0.2) is 14.8 Å². The van der Waals surface area contributed by atoms with Gasteiger partial charge in [0, 0.05) is 57.5 Å². The van der Waals surface area contributed by atoms with E-state index in [9.17, 15) is 4.79 Å². The van der Waals surface area contributed by atoms with Crippen LogP contribution in [0.5, 0.6) is 0 Å². The molecule has 9 heteroatoms. The first-order valence-electron chi connectivity index (χ1n) is 9.17. The number of amides is 2. The zero-order valence-electron chi connectivity index (χ0n) is 14.7. The lowest BCUT2D eigenvalue weighted by molar-refractivity contribution is 0.201. The van der Waals surface area contributed by atoms with Crippen molar-refractivity contribution in [3.8, 4) is 0 Å². The molecule has 1 saturated carbocycles. The first kappa shape index (κ1) is 16.7. The second-order valence-electron chi connectivity index (χ2n) is 6.68. The molecule has 4 rings (SSSR count). The molecule has 138 valence electrons. The van der Waals surface area contributed by atoms with Gasteiger partial charge in [-0.2, -0.15) is 4.98 Å². The quantitative estimate of drug-likeness (QED) is 0.858. The molecule has 0 bridgehead atoms. The van der Waals surface area contributed by atoms with Crippen molar-refractivity contribution in [1.82, 2.24) is 30.3 Å². The number of hydrogen-bond donors (Lipinski definition) is 1. The van der Waals surface area contributed by atoms with Gasteiger partial charge in [-0.15, -0.1) is 0 Å². The van der Waals surface area contributed by atoms with Crippen molar-refractivity contribution in [1.29, 1.82) is 0 Å². The van der Waals surface area contributed by atoms with Gasteiger partial charge in [0.25, 0.3) is 0 Å². The zero-order chi connectivity index (χ0) is 17.8. The molecule has 1 N–H and O–H groups in total. The van der Waals surface area contributed by atoms with Gasteiger partial charge in [0.1, 0.15) is 0 Å². The molecule has 2 aromatic rings. The first-order chi connectivity index (χ1) is 12.8. The lowest BCUT2D eigenvalue weighted by atomic mass is 10.4. The third-order valence-corrected chi connectivity index (χ3v) is 4.65. The maximum absolute atomic E-state index is 12.4. The number of nitrogens with one attached hydrogen (secondary N) is 1. The van der Waals surface area contributed by atoms with Gasteiger partial charge in [0.05, 0.1) is 0 Å². The Kier molecular flexibility index (Phi) is 4.94. The normalized spacial score (nSPS) is 17.8. The van der Waals surface area contributed by atoms with Gasteiger partial charge >= 0.3 is 6.03 Å². The van der Waals surface area contributed by atoms with Crippen LogP contribution < -0.4 is 10.2 Å². The van der Waals surface area contributed by atoms with E-state index in [0.717, 1.165) is 50.7 Å². The monoisotopic (exact) mass is 357 g/mol. The number of rotatable bonds is 5. The van der Waals surface area contributed by atoms with Crippen molar-refractivity contribution in [3.63, 3.8) is 0 Å². The fraction of sp³-hybridized carbons (Fsp3) is 0.588. The summed E-state index contributed by atoms with van der Waals surface area (Å²) in [6.45, 7) is 3.46. The van der Waals surface area contributed by atoms with E-state index in [1.54, 1.807) is 18.5 Å². The third-order valence-electron chi connectivity index (χ3n) is 4.65. The van der Waals surface area contributed by atoms with Crippen molar-refractivity contribution in [2.24, 2.45) is 0 Å². The first-order valence-corrected chi connectivity index (χ1v) is 9.17. The molecular weight excluding hydrogens is 334 g/mol. The Morgan fingerprint density at radius 1 is 1.19 bits per heavy atom. The van der Waals surface area contributed by atoms with Gasteiger partial charge in [-0.3, -0.25) is 0 Å². The van der Waals surface area contributed by atoms with Gasteiger partial charge < -0.3 is 19.6 Å². The summed E-state index contributed by atoms with van der Waals surface area (Å²) in [6, 6.07) is 1.75. The molecule has 2 fully saturated rings. The Hall–Kier alpha value is -2.71. The summed E-state index contributed by atoms with van der Waals surface area (Å²) < 4.78 is 5.23. The molecule has 2 aromatic heterocycles. The molecule has 0 unspecified atom stereocenters. The minimum Gasteiger partial charge on any atom is -0.339 e. The van der Waals surface area contributed by atoms with Crippen LogP contribution in [-0.4, -0.2) is 63.8 Å². The number of aromatic nitrogens is 4. The number of carbonyl (C=O) groups excluding carboxylic acids is 1.